The summed E-state index contributed by atoms with van der Waals surface area (Å²) < 4.78 is 47.3. The van der Waals surface area contributed by atoms with Crippen LogP contribution in [0.1, 0.15) is 0 Å². The van der Waals surface area contributed by atoms with Gasteiger partial charge in [0.1, 0.15) is 0 Å². The summed E-state index contributed by atoms with van der Waals surface area (Å²) in [5.41, 5.74) is 0. The molecule has 0 fully saturated rings. The summed E-state index contributed by atoms with van der Waals surface area (Å²) in [6.45, 7) is 0. The molecule has 4 nitrogen and oxygen atoms in total. The van der Waals surface area contributed by atoms with Gasteiger partial charge in [0.2, 0.25) is 9.84 Å². The SMILES string of the molecule is O=S([O-])c1c(Cl)cc(S(=O)(=O)c2cc(Cl)c(S)c(Cl)c2)cc1Cl. The minimum Gasteiger partial charge on any atom is -0.768 e. The first-order valence-electron chi connectivity index (χ1n) is 5.57. The van der Waals surface area contributed by atoms with Crippen LogP contribution in [0.3, 0.4) is 0 Å². The molecule has 0 aliphatic rings. The second kappa shape index (κ2) is 7.09. The standard InChI is InChI=1S/C12H6Cl4O4S3/c13-7-1-5(2-8(14)11(7)21)23(19,20)6-3-9(15)12(22(17)18)10(16)4-6/h1-4,21H,(H,17,18)/p-1. The van der Waals surface area contributed by atoms with E-state index in [2.05, 4.69) is 12.6 Å². The molecule has 0 N–H and O–H groups in total. The van der Waals surface area contributed by atoms with Crippen LogP contribution in [-0.4, -0.2) is 17.2 Å². The van der Waals surface area contributed by atoms with Crippen molar-refractivity contribution in [2.45, 2.75) is 19.6 Å². The van der Waals surface area contributed by atoms with Crippen LogP contribution >= 0.6 is 59.0 Å². The molecule has 0 amide bonds. The van der Waals surface area contributed by atoms with Gasteiger partial charge in [-0.15, -0.1) is 12.6 Å². The third kappa shape index (κ3) is 3.82. The van der Waals surface area contributed by atoms with Crippen molar-refractivity contribution in [3.63, 3.8) is 0 Å². The van der Waals surface area contributed by atoms with Crippen LogP contribution in [0.25, 0.3) is 0 Å². The molecule has 2 aromatic carbocycles. The molecule has 11 heteroatoms. The summed E-state index contributed by atoms with van der Waals surface area (Å²) in [5.74, 6) is 0. The van der Waals surface area contributed by atoms with E-state index in [1.54, 1.807) is 0 Å². The highest BCUT2D eigenvalue weighted by atomic mass is 35.5. The molecule has 23 heavy (non-hydrogen) atoms. The lowest BCUT2D eigenvalue weighted by molar-refractivity contribution is 0.537. The average molecular weight is 451 g/mol. The van der Waals surface area contributed by atoms with Crippen molar-refractivity contribution in [2.75, 3.05) is 0 Å². The number of hydrogen-bond acceptors (Lipinski definition) is 5. The Kier molecular flexibility index (Phi) is 5.96. The minimum atomic E-state index is -4.06. The number of hydrogen-bond donors (Lipinski definition) is 1. The normalized spacial score (nSPS) is 13.1. The smallest absolute Gasteiger partial charge is 0.206 e. The monoisotopic (exact) mass is 449 g/mol. The molecule has 2 rings (SSSR count). The highest BCUT2D eigenvalue weighted by molar-refractivity contribution is 7.91. The van der Waals surface area contributed by atoms with Crippen LogP contribution in [0, 0.1) is 0 Å². The van der Waals surface area contributed by atoms with Crippen molar-refractivity contribution in [1.29, 1.82) is 0 Å². The second-order valence-electron chi connectivity index (χ2n) is 4.19. The Labute approximate surface area is 160 Å². The van der Waals surface area contributed by atoms with Gasteiger partial charge < -0.3 is 4.55 Å². The highest BCUT2D eigenvalue weighted by Gasteiger charge is 2.23. The first-order valence-corrected chi connectivity index (χ1v) is 10.1. The predicted molar refractivity (Wildman–Crippen MR) is 92.8 cm³/mol. The molecule has 0 radical (unpaired) electrons. The molecule has 0 heterocycles. The van der Waals surface area contributed by atoms with Crippen LogP contribution in [0.2, 0.25) is 20.1 Å². The summed E-state index contributed by atoms with van der Waals surface area (Å²) in [6.07, 6.45) is 0. The molecule has 0 aliphatic heterocycles. The van der Waals surface area contributed by atoms with Gasteiger partial charge in [0.25, 0.3) is 0 Å². The summed E-state index contributed by atoms with van der Waals surface area (Å²) >= 11 is 24.7. The van der Waals surface area contributed by atoms with E-state index in [1.165, 1.54) is 12.1 Å². The van der Waals surface area contributed by atoms with E-state index in [0.717, 1.165) is 12.1 Å². The van der Waals surface area contributed by atoms with Gasteiger partial charge in [0, 0.05) is 4.90 Å². The summed E-state index contributed by atoms with van der Waals surface area (Å²) in [6, 6.07) is 4.33. The lowest BCUT2D eigenvalue weighted by Crippen LogP contribution is -2.04. The molecule has 0 aliphatic carbocycles. The Hall–Kier alpha value is 0.01000. The number of benzene rings is 2. The molecular formula is C12H5Cl4O4S3-. The van der Waals surface area contributed by atoms with Crippen LogP contribution in [0.4, 0.5) is 0 Å². The van der Waals surface area contributed by atoms with Crippen LogP contribution < -0.4 is 0 Å². The van der Waals surface area contributed by atoms with Gasteiger partial charge in [0.15, 0.2) is 0 Å². The zero-order valence-electron chi connectivity index (χ0n) is 10.7. The molecule has 0 saturated heterocycles. The average Bonchev–Trinajstić information content (AvgIpc) is 2.42. The first-order chi connectivity index (χ1) is 10.6. The minimum absolute atomic E-state index is 0.0499. The largest absolute Gasteiger partial charge is 0.768 e. The number of thiol groups is 1. The Morgan fingerprint density at radius 1 is 0.870 bits per heavy atom. The van der Waals surface area contributed by atoms with Crippen molar-refractivity contribution in [3.8, 4) is 0 Å². The van der Waals surface area contributed by atoms with Crippen molar-refractivity contribution in [3.05, 3.63) is 44.4 Å². The van der Waals surface area contributed by atoms with Crippen molar-refractivity contribution in [1.82, 2.24) is 0 Å². The lowest BCUT2D eigenvalue weighted by Gasteiger charge is -2.13. The molecule has 1 unspecified atom stereocenters. The second-order valence-corrected chi connectivity index (χ2v) is 9.09. The van der Waals surface area contributed by atoms with Gasteiger partial charge in [-0.05, 0) is 35.3 Å². The van der Waals surface area contributed by atoms with E-state index in [1.807, 2.05) is 0 Å². The fourth-order valence-electron chi connectivity index (χ4n) is 1.68. The molecule has 2 aromatic rings. The molecule has 1 atom stereocenters. The maximum absolute atomic E-state index is 12.6. The summed E-state index contributed by atoms with van der Waals surface area (Å²) in [4.78, 5) is -0.635. The molecule has 0 bridgehead atoms. The topological polar surface area (TPSA) is 74.3 Å². The van der Waals surface area contributed by atoms with E-state index in [0.29, 0.717) is 0 Å². The predicted octanol–water partition coefficient (Wildman–Crippen LogP) is 4.66. The Morgan fingerprint density at radius 2 is 1.22 bits per heavy atom. The van der Waals surface area contributed by atoms with Crippen LogP contribution in [0.5, 0.6) is 0 Å². The Morgan fingerprint density at radius 3 is 1.57 bits per heavy atom. The Balaban J connectivity index is 2.68. The van der Waals surface area contributed by atoms with Gasteiger partial charge in [-0.1, -0.05) is 46.4 Å². The quantitative estimate of drug-likeness (QED) is 0.545. The molecule has 0 aromatic heterocycles. The Bertz CT molecular complexity index is 882. The maximum Gasteiger partial charge on any atom is 0.206 e. The molecule has 124 valence electrons. The zero-order chi connectivity index (χ0) is 17.5. The van der Waals surface area contributed by atoms with Gasteiger partial charge in [-0.2, -0.15) is 0 Å². The first kappa shape index (κ1) is 19.3. The maximum atomic E-state index is 12.6. The van der Waals surface area contributed by atoms with E-state index in [4.69, 9.17) is 46.4 Å². The fourth-order valence-corrected chi connectivity index (χ4v) is 5.22. The number of sulfone groups is 1. The fraction of sp³-hybridized carbons (Fsp3) is 0. The molecule has 0 saturated carbocycles. The van der Waals surface area contributed by atoms with Gasteiger partial charge in [0.05, 0.1) is 34.8 Å². The summed E-state index contributed by atoms with van der Waals surface area (Å²) in [7, 11) is -4.06. The van der Waals surface area contributed by atoms with Gasteiger partial charge in [-0.25, -0.2) is 8.42 Å². The lowest BCUT2D eigenvalue weighted by atomic mass is 10.3. The third-order valence-corrected chi connectivity index (χ3v) is 7.40. The van der Waals surface area contributed by atoms with E-state index in [-0.39, 0.29) is 39.7 Å². The van der Waals surface area contributed by atoms with Crippen molar-refractivity contribution < 1.29 is 17.2 Å². The van der Waals surface area contributed by atoms with Gasteiger partial charge >= 0.3 is 0 Å². The van der Waals surface area contributed by atoms with Crippen LogP contribution in [-0.2, 0) is 20.9 Å². The van der Waals surface area contributed by atoms with Crippen molar-refractivity contribution in [2.24, 2.45) is 0 Å². The van der Waals surface area contributed by atoms with Gasteiger partial charge in [-0.3, -0.25) is 4.21 Å². The van der Waals surface area contributed by atoms with E-state index in [9.17, 15) is 17.2 Å². The highest BCUT2D eigenvalue weighted by Crippen LogP contribution is 2.36. The van der Waals surface area contributed by atoms with E-state index < -0.39 is 20.9 Å². The van der Waals surface area contributed by atoms with Crippen LogP contribution in [0.15, 0.2) is 43.8 Å². The number of rotatable bonds is 3. The van der Waals surface area contributed by atoms with E-state index >= 15 is 0 Å². The van der Waals surface area contributed by atoms with Crippen molar-refractivity contribution >= 4 is 80.0 Å². The summed E-state index contributed by atoms with van der Waals surface area (Å²) in [5, 5.41) is -0.525. The third-order valence-electron chi connectivity index (χ3n) is 2.75. The molecular weight excluding hydrogens is 446 g/mol. The number of halogens is 4. The molecule has 0 spiro atoms. The zero-order valence-corrected chi connectivity index (χ0v) is 16.3.